The number of hydrogen-bond acceptors (Lipinski definition) is 6. The molecule has 158 valence electrons. The Morgan fingerprint density at radius 1 is 1.37 bits per heavy atom. The van der Waals surface area contributed by atoms with Gasteiger partial charge in [0.05, 0.1) is 22.9 Å². The lowest BCUT2D eigenvalue weighted by atomic mass is 10.2. The van der Waals surface area contributed by atoms with Crippen LogP contribution in [0, 0.1) is 20.8 Å². The highest BCUT2D eigenvalue weighted by Gasteiger charge is 2.20. The van der Waals surface area contributed by atoms with Crippen molar-refractivity contribution < 1.29 is 9.53 Å². The van der Waals surface area contributed by atoms with E-state index in [0.717, 1.165) is 46.0 Å². The lowest BCUT2D eigenvalue weighted by Gasteiger charge is -2.14. The van der Waals surface area contributed by atoms with E-state index in [9.17, 15) is 9.59 Å². The van der Waals surface area contributed by atoms with Crippen molar-refractivity contribution in [3.8, 4) is 5.69 Å². The third kappa shape index (κ3) is 4.31. The first-order valence-electron chi connectivity index (χ1n) is 10.0. The summed E-state index contributed by atoms with van der Waals surface area (Å²) in [6.07, 6.45) is 2.13. The van der Waals surface area contributed by atoms with E-state index in [1.165, 1.54) is 23.1 Å². The lowest BCUT2D eigenvalue weighted by Crippen LogP contribution is -2.33. The van der Waals surface area contributed by atoms with E-state index in [1.54, 1.807) is 4.57 Å². The van der Waals surface area contributed by atoms with Gasteiger partial charge in [-0.3, -0.25) is 14.2 Å². The monoisotopic (exact) mass is 443 g/mol. The standard InChI is InChI=1S/C22H25N3O3S2/c1-13-6-4-7-16(10-13)25-21(27)19-14(2)15(3)30-20(19)24-22(25)29-12-18(26)23-11-17-8-5-9-28-17/h4,6-7,10,17H,5,8-9,11-12H2,1-3H3,(H,23,26)/t17-/m1/s1. The van der Waals surface area contributed by atoms with Crippen LogP contribution >= 0.6 is 23.1 Å². The average Bonchev–Trinajstić information content (AvgIpc) is 3.33. The number of nitrogens with zero attached hydrogens (tertiary/aromatic N) is 2. The molecular formula is C22H25N3O3S2. The highest BCUT2D eigenvalue weighted by Crippen LogP contribution is 2.29. The van der Waals surface area contributed by atoms with Crippen LogP contribution in [-0.4, -0.2) is 40.5 Å². The summed E-state index contributed by atoms with van der Waals surface area (Å²) in [6, 6.07) is 7.78. The number of aromatic nitrogens is 2. The average molecular weight is 444 g/mol. The fourth-order valence-corrected chi connectivity index (χ4v) is 5.49. The van der Waals surface area contributed by atoms with Crippen molar-refractivity contribution in [2.45, 2.75) is 44.9 Å². The van der Waals surface area contributed by atoms with E-state index in [4.69, 9.17) is 9.72 Å². The maximum absolute atomic E-state index is 13.4. The molecule has 0 aliphatic carbocycles. The summed E-state index contributed by atoms with van der Waals surface area (Å²) in [5.41, 5.74) is 2.71. The second-order valence-corrected chi connectivity index (χ2v) is 9.71. The van der Waals surface area contributed by atoms with Crippen molar-refractivity contribution in [2.24, 2.45) is 0 Å². The number of hydrogen-bond donors (Lipinski definition) is 1. The molecule has 4 rings (SSSR count). The van der Waals surface area contributed by atoms with E-state index in [0.29, 0.717) is 17.1 Å². The van der Waals surface area contributed by atoms with Crippen LogP contribution < -0.4 is 10.9 Å². The van der Waals surface area contributed by atoms with Crippen LogP contribution in [0.5, 0.6) is 0 Å². The quantitative estimate of drug-likeness (QED) is 0.464. The van der Waals surface area contributed by atoms with E-state index in [2.05, 4.69) is 5.32 Å². The summed E-state index contributed by atoms with van der Waals surface area (Å²) in [5.74, 6) is 0.110. The minimum atomic E-state index is -0.0882. The summed E-state index contributed by atoms with van der Waals surface area (Å²) in [5, 5.41) is 4.12. The van der Waals surface area contributed by atoms with Gasteiger partial charge < -0.3 is 10.1 Å². The summed E-state index contributed by atoms with van der Waals surface area (Å²) >= 11 is 2.81. The van der Waals surface area contributed by atoms with Gasteiger partial charge >= 0.3 is 0 Å². The molecule has 0 radical (unpaired) electrons. The van der Waals surface area contributed by atoms with Crippen LogP contribution in [-0.2, 0) is 9.53 Å². The van der Waals surface area contributed by atoms with Gasteiger partial charge in [-0.1, -0.05) is 23.9 Å². The number of fused-ring (bicyclic) bond motifs is 1. The molecule has 1 aromatic carbocycles. The van der Waals surface area contributed by atoms with Crippen molar-refractivity contribution in [3.05, 3.63) is 50.6 Å². The zero-order valence-electron chi connectivity index (χ0n) is 17.4. The highest BCUT2D eigenvalue weighted by atomic mass is 32.2. The fourth-order valence-electron chi connectivity index (χ4n) is 3.58. The molecule has 1 N–H and O–H groups in total. The Morgan fingerprint density at radius 3 is 2.93 bits per heavy atom. The summed E-state index contributed by atoms with van der Waals surface area (Å²) < 4.78 is 7.19. The summed E-state index contributed by atoms with van der Waals surface area (Å²) in [4.78, 5) is 32.4. The minimum Gasteiger partial charge on any atom is -0.376 e. The van der Waals surface area contributed by atoms with E-state index >= 15 is 0 Å². The Bertz CT molecular complexity index is 1150. The van der Waals surface area contributed by atoms with Crippen LogP contribution in [0.1, 0.15) is 28.8 Å². The maximum Gasteiger partial charge on any atom is 0.267 e. The number of aryl methyl sites for hydroxylation is 3. The third-order valence-electron chi connectivity index (χ3n) is 5.32. The number of carbonyl (C=O) groups is 1. The van der Waals surface area contributed by atoms with E-state index in [-0.39, 0.29) is 23.3 Å². The van der Waals surface area contributed by atoms with Crippen molar-refractivity contribution in [1.82, 2.24) is 14.9 Å². The fraction of sp³-hybridized carbons (Fsp3) is 0.409. The Balaban J connectivity index is 1.64. The third-order valence-corrected chi connectivity index (χ3v) is 7.35. The Kier molecular flexibility index (Phi) is 6.26. The van der Waals surface area contributed by atoms with Crippen molar-refractivity contribution in [2.75, 3.05) is 18.9 Å². The smallest absolute Gasteiger partial charge is 0.267 e. The normalized spacial score (nSPS) is 16.3. The second-order valence-electron chi connectivity index (χ2n) is 7.57. The second kappa shape index (κ2) is 8.91. The van der Waals surface area contributed by atoms with Crippen molar-refractivity contribution in [1.29, 1.82) is 0 Å². The molecule has 8 heteroatoms. The van der Waals surface area contributed by atoms with Crippen molar-refractivity contribution >= 4 is 39.2 Å². The van der Waals surface area contributed by atoms with Crippen LogP contribution in [0.4, 0.5) is 0 Å². The first kappa shape index (κ1) is 21.1. The van der Waals surface area contributed by atoms with Crippen LogP contribution in [0.2, 0.25) is 0 Å². The molecule has 6 nitrogen and oxygen atoms in total. The van der Waals surface area contributed by atoms with Crippen LogP contribution in [0.3, 0.4) is 0 Å². The Labute approximate surface area is 183 Å². The molecule has 0 spiro atoms. The molecule has 1 fully saturated rings. The molecule has 1 aliphatic rings. The highest BCUT2D eigenvalue weighted by molar-refractivity contribution is 7.99. The van der Waals surface area contributed by atoms with Crippen molar-refractivity contribution in [3.63, 3.8) is 0 Å². The molecule has 0 saturated carbocycles. The van der Waals surface area contributed by atoms with Gasteiger partial charge in [-0.05, 0) is 56.9 Å². The SMILES string of the molecule is Cc1cccc(-n2c(SCC(=O)NC[C@H]3CCCO3)nc3sc(C)c(C)c3c2=O)c1. The van der Waals surface area contributed by atoms with E-state index in [1.807, 2.05) is 45.0 Å². The molecule has 1 aliphatic heterocycles. The number of thiophene rings is 1. The lowest BCUT2D eigenvalue weighted by molar-refractivity contribution is -0.119. The largest absolute Gasteiger partial charge is 0.376 e. The molecule has 1 saturated heterocycles. The predicted molar refractivity (Wildman–Crippen MR) is 122 cm³/mol. The van der Waals surface area contributed by atoms with Gasteiger partial charge in [0.15, 0.2) is 5.16 Å². The molecule has 1 atom stereocenters. The topological polar surface area (TPSA) is 73.2 Å². The maximum atomic E-state index is 13.4. The van der Waals surface area contributed by atoms with Gasteiger partial charge in [0.1, 0.15) is 4.83 Å². The van der Waals surface area contributed by atoms with Gasteiger partial charge in [0.2, 0.25) is 5.91 Å². The number of benzene rings is 1. The Hall–Kier alpha value is -2.16. The minimum absolute atomic E-state index is 0.0841. The number of carbonyl (C=O) groups excluding carboxylic acids is 1. The number of thioether (sulfide) groups is 1. The van der Waals surface area contributed by atoms with Crippen LogP contribution in [0.15, 0.2) is 34.2 Å². The summed E-state index contributed by atoms with van der Waals surface area (Å²) in [7, 11) is 0. The molecule has 0 unspecified atom stereocenters. The summed E-state index contributed by atoms with van der Waals surface area (Å²) in [6.45, 7) is 7.25. The molecule has 2 aromatic heterocycles. The zero-order valence-corrected chi connectivity index (χ0v) is 19.0. The first-order chi connectivity index (χ1) is 14.4. The molecule has 3 aromatic rings. The molecule has 30 heavy (non-hydrogen) atoms. The number of nitrogens with one attached hydrogen (secondary N) is 1. The Morgan fingerprint density at radius 2 is 2.20 bits per heavy atom. The molecular weight excluding hydrogens is 418 g/mol. The van der Waals surface area contributed by atoms with Gasteiger partial charge in [-0.2, -0.15) is 0 Å². The number of amides is 1. The van der Waals surface area contributed by atoms with Gasteiger partial charge in [0.25, 0.3) is 5.56 Å². The van der Waals surface area contributed by atoms with Crippen LogP contribution in [0.25, 0.3) is 15.9 Å². The zero-order chi connectivity index (χ0) is 21.3. The van der Waals surface area contributed by atoms with Gasteiger partial charge in [-0.25, -0.2) is 4.98 Å². The number of ether oxygens (including phenoxy) is 1. The molecule has 3 heterocycles. The first-order valence-corrected chi connectivity index (χ1v) is 11.8. The molecule has 1 amide bonds. The van der Waals surface area contributed by atoms with Gasteiger partial charge in [0, 0.05) is 18.0 Å². The predicted octanol–water partition coefficient (Wildman–Crippen LogP) is 3.76. The number of rotatable bonds is 6. The van der Waals surface area contributed by atoms with E-state index < -0.39 is 0 Å². The molecule has 0 bridgehead atoms. The van der Waals surface area contributed by atoms with Gasteiger partial charge in [-0.15, -0.1) is 11.3 Å².